The molecule has 0 aliphatic heterocycles. The van der Waals surface area contributed by atoms with E-state index in [2.05, 4.69) is 15.5 Å². The van der Waals surface area contributed by atoms with Crippen LogP contribution in [0.3, 0.4) is 0 Å². The third-order valence-electron chi connectivity index (χ3n) is 3.21. The molecule has 1 aromatic carbocycles. The van der Waals surface area contributed by atoms with Crippen molar-refractivity contribution in [3.8, 4) is 0 Å². The largest absolute Gasteiger partial charge is 0.345 e. The van der Waals surface area contributed by atoms with Crippen molar-refractivity contribution in [3.05, 3.63) is 70.1 Å². The van der Waals surface area contributed by atoms with Crippen molar-refractivity contribution >= 4 is 40.8 Å². The summed E-state index contributed by atoms with van der Waals surface area (Å²) in [5.74, 6) is 0.381. The Morgan fingerprint density at radius 2 is 1.91 bits per heavy atom. The van der Waals surface area contributed by atoms with Crippen LogP contribution in [0.25, 0.3) is 11.7 Å². The summed E-state index contributed by atoms with van der Waals surface area (Å²) in [6, 6.07) is 10.8. The maximum Gasteiger partial charge on any atom is 0.244 e. The number of hydrogen-bond donors (Lipinski definition) is 1. The summed E-state index contributed by atoms with van der Waals surface area (Å²) in [6.07, 6.45) is 4.81. The van der Waals surface area contributed by atoms with Crippen LogP contribution in [-0.4, -0.2) is 20.5 Å². The molecule has 3 aromatic rings. The van der Waals surface area contributed by atoms with Gasteiger partial charge in [-0.05, 0) is 30.3 Å². The SMILES string of the molecule is O=C(/C=C/c1c(Cl)cccc1Cl)NCc1nnc2ccccn12. The van der Waals surface area contributed by atoms with Crippen molar-refractivity contribution in [2.75, 3.05) is 0 Å². The summed E-state index contributed by atoms with van der Waals surface area (Å²) in [6.45, 7) is 0.268. The van der Waals surface area contributed by atoms with Crippen LogP contribution in [0.5, 0.6) is 0 Å². The van der Waals surface area contributed by atoms with E-state index in [0.29, 0.717) is 21.4 Å². The molecule has 0 saturated heterocycles. The molecule has 2 heterocycles. The number of hydrogen-bond acceptors (Lipinski definition) is 3. The fraction of sp³-hybridized carbons (Fsp3) is 0.0625. The van der Waals surface area contributed by atoms with Gasteiger partial charge in [-0.2, -0.15) is 0 Å². The highest BCUT2D eigenvalue weighted by atomic mass is 35.5. The van der Waals surface area contributed by atoms with Crippen molar-refractivity contribution in [3.63, 3.8) is 0 Å². The molecule has 5 nitrogen and oxygen atoms in total. The molecule has 23 heavy (non-hydrogen) atoms. The fourth-order valence-electron chi connectivity index (χ4n) is 2.07. The molecule has 7 heteroatoms. The summed E-state index contributed by atoms with van der Waals surface area (Å²) in [4.78, 5) is 11.9. The number of halogens is 2. The molecular formula is C16H12Cl2N4O. The lowest BCUT2D eigenvalue weighted by atomic mass is 10.2. The van der Waals surface area contributed by atoms with Crippen molar-refractivity contribution in [1.29, 1.82) is 0 Å². The number of amides is 1. The number of carbonyl (C=O) groups excluding carboxylic acids is 1. The lowest BCUT2D eigenvalue weighted by Crippen LogP contribution is -2.21. The van der Waals surface area contributed by atoms with Crippen molar-refractivity contribution in [2.45, 2.75) is 6.54 Å². The Morgan fingerprint density at radius 3 is 2.70 bits per heavy atom. The molecule has 1 N–H and O–H groups in total. The van der Waals surface area contributed by atoms with Gasteiger partial charge in [0.25, 0.3) is 0 Å². The Balaban J connectivity index is 1.67. The average molecular weight is 347 g/mol. The maximum absolute atomic E-state index is 11.9. The first-order valence-electron chi connectivity index (χ1n) is 6.84. The van der Waals surface area contributed by atoms with E-state index < -0.39 is 0 Å². The number of nitrogens with one attached hydrogen (secondary N) is 1. The normalized spacial score (nSPS) is 11.2. The molecule has 0 bridgehead atoms. The number of nitrogens with zero attached hydrogens (tertiary/aromatic N) is 3. The molecule has 0 saturated carbocycles. The Morgan fingerprint density at radius 1 is 1.13 bits per heavy atom. The van der Waals surface area contributed by atoms with Crippen LogP contribution in [-0.2, 0) is 11.3 Å². The third kappa shape index (κ3) is 3.52. The summed E-state index contributed by atoms with van der Waals surface area (Å²) in [5, 5.41) is 11.8. The quantitative estimate of drug-likeness (QED) is 0.736. The second-order valence-corrected chi connectivity index (χ2v) is 5.55. The molecule has 0 aliphatic rings. The van der Waals surface area contributed by atoms with E-state index in [0.717, 1.165) is 5.65 Å². The molecule has 3 rings (SSSR count). The van der Waals surface area contributed by atoms with Gasteiger partial charge in [0.2, 0.25) is 5.91 Å². The minimum Gasteiger partial charge on any atom is -0.345 e. The first-order valence-corrected chi connectivity index (χ1v) is 7.59. The Kier molecular flexibility index (Phi) is 4.60. The summed E-state index contributed by atoms with van der Waals surface area (Å²) in [5.41, 5.74) is 1.34. The van der Waals surface area contributed by atoms with Crippen LogP contribution in [0, 0.1) is 0 Å². The topological polar surface area (TPSA) is 59.3 Å². The van der Waals surface area contributed by atoms with Crippen LogP contribution in [0.15, 0.2) is 48.7 Å². The fourth-order valence-corrected chi connectivity index (χ4v) is 2.59. The van der Waals surface area contributed by atoms with Gasteiger partial charge in [-0.3, -0.25) is 9.20 Å². The smallest absolute Gasteiger partial charge is 0.244 e. The van der Waals surface area contributed by atoms with Crippen LogP contribution in [0.2, 0.25) is 10.0 Å². The predicted molar refractivity (Wildman–Crippen MR) is 90.3 cm³/mol. The van der Waals surface area contributed by atoms with Gasteiger partial charge in [0.1, 0.15) is 0 Å². The van der Waals surface area contributed by atoms with E-state index in [1.165, 1.54) is 6.08 Å². The van der Waals surface area contributed by atoms with Crippen LogP contribution in [0.4, 0.5) is 0 Å². The molecule has 0 atom stereocenters. The highest BCUT2D eigenvalue weighted by molar-refractivity contribution is 6.37. The number of rotatable bonds is 4. The average Bonchev–Trinajstić information content (AvgIpc) is 2.96. The Hall–Kier alpha value is -2.37. The highest BCUT2D eigenvalue weighted by Gasteiger charge is 2.06. The van der Waals surface area contributed by atoms with E-state index >= 15 is 0 Å². The zero-order chi connectivity index (χ0) is 16.2. The molecule has 0 spiro atoms. The molecule has 0 fully saturated rings. The minimum absolute atomic E-state index is 0.268. The Bertz CT molecular complexity index is 868. The van der Waals surface area contributed by atoms with Crippen molar-refractivity contribution < 1.29 is 4.79 Å². The zero-order valence-electron chi connectivity index (χ0n) is 11.9. The van der Waals surface area contributed by atoms with Gasteiger partial charge in [-0.15, -0.1) is 10.2 Å². The first kappa shape index (κ1) is 15.5. The molecule has 2 aromatic heterocycles. The van der Waals surface area contributed by atoms with E-state index in [9.17, 15) is 4.79 Å². The monoisotopic (exact) mass is 346 g/mol. The van der Waals surface area contributed by atoms with Gasteiger partial charge < -0.3 is 5.32 Å². The lowest BCUT2D eigenvalue weighted by Gasteiger charge is -2.02. The number of pyridine rings is 1. The van der Waals surface area contributed by atoms with Crippen molar-refractivity contribution in [2.24, 2.45) is 0 Å². The zero-order valence-corrected chi connectivity index (χ0v) is 13.4. The number of fused-ring (bicyclic) bond motifs is 1. The van der Waals surface area contributed by atoms with Gasteiger partial charge in [0.05, 0.1) is 6.54 Å². The first-order chi connectivity index (χ1) is 11.1. The second kappa shape index (κ2) is 6.81. The van der Waals surface area contributed by atoms with E-state index in [-0.39, 0.29) is 12.5 Å². The van der Waals surface area contributed by atoms with E-state index in [1.807, 2.05) is 28.8 Å². The van der Waals surface area contributed by atoms with Gasteiger partial charge in [-0.25, -0.2) is 0 Å². The molecule has 1 amide bonds. The van der Waals surface area contributed by atoms with Crippen LogP contribution >= 0.6 is 23.2 Å². The predicted octanol–water partition coefficient (Wildman–Crippen LogP) is 3.37. The van der Waals surface area contributed by atoms with Gasteiger partial charge in [0.15, 0.2) is 11.5 Å². The maximum atomic E-state index is 11.9. The van der Waals surface area contributed by atoms with Gasteiger partial charge in [-0.1, -0.05) is 35.3 Å². The number of benzene rings is 1. The van der Waals surface area contributed by atoms with Gasteiger partial charge >= 0.3 is 0 Å². The van der Waals surface area contributed by atoms with E-state index in [1.54, 1.807) is 24.3 Å². The molecule has 0 aliphatic carbocycles. The molecular weight excluding hydrogens is 335 g/mol. The lowest BCUT2D eigenvalue weighted by molar-refractivity contribution is -0.116. The van der Waals surface area contributed by atoms with Gasteiger partial charge in [0, 0.05) is 27.9 Å². The number of carbonyl (C=O) groups is 1. The van der Waals surface area contributed by atoms with Crippen LogP contribution in [0.1, 0.15) is 11.4 Å². The molecule has 0 unspecified atom stereocenters. The Labute approximate surface area is 142 Å². The second-order valence-electron chi connectivity index (χ2n) is 4.73. The van der Waals surface area contributed by atoms with E-state index in [4.69, 9.17) is 23.2 Å². The van der Waals surface area contributed by atoms with Crippen LogP contribution < -0.4 is 5.32 Å². The standard InChI is InChI=1S/C16H12Cl2N4O/c17-12-4-3-5-13(18)11(12)7-8-16(23)19-10-15-21-20-14-6-1-2-9-22(14)15/h1-9H,10H2,(H,19,23)/b8-7+. The third-order valence-corrected chi connectivity index (χ3v) is 3.87. The summed E-state index contributed by atoms with van der Waals surface area (Å²) >= 11 is 12.1. The summed E-state index contributed by atoms with van der Waals surface area (Å²) < 4.78 is 1.81. The molecule has 116 valence electrons. The number of aromatic nitrogens is 3. The highest BCUT2D eigenvalue weighted by Crippen LogP contribution is 2.25. The van der Waals surface area contributed by atoms with Crippen molar-refractivity contribution in [1.82, 2.24) is 19.9 Å². The molecule has 0 radical (unpaired) electrons. The summed E-state index contributed by atoms with van der Waals surface area (Å²) in [7, 11) is 0. The minimum atomic E-state index is -0.270.